The number of rotatable bonds is 5. The molecule has 5 rings (SSSR count). The summed E-state index contributed by atoms with van der Waals surface area (Å²) in [5, 5.41) is 16.5. The lowest BCUT2D eigenvalue weighted by Gasteiger charge is -2.32. The first kappa shape index (κ1) is 24.8. The summed E-state index contributed by atoms with van der Waals surface area (Å²) in [6.45, 7) is 8.40. The lowest BCUT2D eigenvalue weighted by Crippen LogP contribution is -2.38. The Morgan fingerprint density at radius 2 is 1.95 bits per heavy atom. The smallest absolute Gasteiger partial charge is 0.261 e. The number of aromatic amines is 1. The molecule has 3 aliphatic rings. The number of carbonyl (C=O) groups excluding carboxylic acids is 1. The van der Waals surface area contributed by atoms with Crippen LogP contribution < -0.4 is 4.90 Å². The molecular weight excluding hydrogens is 464 g/mol. The highest BCUT2D eigenvalue weighted by Crippen LogP contribution is 2.31. The topological polar surface area (TPSA) is 98.1 Å². The zero-order valence-electron chi connectivity index (χ0n) is 21.5. The molecule has 1 amide bonds. The van der Waals surface area contributed by atoms with Gasteiger partial charge in [-0.2, -0.15) is 10.2 Å². The Morgan fingerprint density at radius 3 is 2.62 bits per heavy atom. The number of anilines is 1. The Balaban J connectivity index is 0.00000336. The Hall–Kier alpha value is -3.92. The Kier molecular flexibility index (Phi) is 7.36. The van der Waals surface area contributed by atoms with Gasteiger partial charge in [0.2, 0.25) is 5.95 Å². The molecule has 8 nitrogen and oxygen atoms in total. The second-order valence-electron chi connectivity index (χ2n) is 9.67. The first-order valence-corrected chi connectivity index (χ1v) is 13.0. The molecular formula is C29H34N6O2. The molecule has 192 valence electrons. The minimum atomic E-state index is 0. The number of allylic oxidation sites excluding steroid dienone is 3. The number of morpholine rings is 1. The van der Waals surface area contributed by atoms with Gasteiger partial charge in [-0.1, -0.05) is 25.1 Å². The number of benzene rings is 1. The number of nitrogens with one attached hydrogen (secondary N) is 1. The number of piperidine rings is 1. The summed E-state index contributed by atoms with van der Waals surface area (Å²) in [7, 11) is 0. The van der Waals surface area contributed by atoms with Crippen molar-refractivity contribution in [2.75, 3.05) is 44.3 Å². The number of amides is 1. The third-order valence-electron chi connectivity index (χ3n) is 7.41. The van der Waals surface area contributed by atoms with Crippen LogP contribution in [0.2, 0.25) is 0 Å². The molecule has 0 atom stereocenters. The van der Waals surface area contributed by atoms with Gasteiger partial charge in [-0.3, -0.25) is 9.89 Å². The first-order chi connectivity index (χ1) is 18.1. The van der Waals surface area contributed by atoms with Gasteiger partial charge in [-0.05, 0) is 67.0 Å². The third-order valence-corrected chi connectivity index (χ3v) is 7.41. The van der Waals surface area contributed by atoms with E-state index in [-0.39, 0.29) is 7.33 Å². The van der Waals surface area contributed by atoms with Gasteiger partial charge in [-0.15, -0.1) is 10.8 Å². The molecule has 1 N–H and O–H groups in total. The van der Waals surface area contributed by atoms with E-state index in [1.165, 1.54) is 5.56 Å². The van der Waals surface area contributed by atoms with Crippen molar-refractivity contribution in [3.63, 3.8) is 0 Å². The van der Waals surface area contributed by atoms with Crippen LogP contribution in [-0.4, -0.2) is 65.4 Å². The molecule has 0 saturated carbocycles. The van der Waals surface area contributed by atoms with Crippen molar-refractivity contribution in [1.29, 1.82) is 5.26 Å². The van der Waals surface area contributed by atoms with Crippen molar-refractivity contribution >= 4 is 17.4 Å². The molecule has 1 aromatic heterocycles. The average molecular weight is 499 g/mol. The van der Waals surface area contributed by atoms with Crippen LogP contribution in [0.15, 0.2) is 58.9 Å². The number of hydrogen-bond donors (Lipinski definition) is 1. The van der Waals surface area contributed by atoms with Gasteiger partial charge in [0.1, 0.15) is 0 Å². The highest BCUT2D eigenvalue weighted by Gasteiger charge is 2.27. The molecule has 0 bridgehead atoms. The van der Waals surface area contributed by atoms with Crippen LogP contribution in [-0.2, 0) is 9.53 Å². The summed E-state index contributed by atoms with van der Waals surface area (Å²) < 4.78 is 5.43. The summed E-state index contributed by atoms with van der Waals surface area (Å²) in [6, 6.07) is 10.00. The molecule has 2 aromatic rings. The molecule has 37 heavy (non-hydrogen) atoms. The minimum absolute atomic E-state index is 0. The van der Waals surface area contributed by atoms with E-state index < -0.39 is 0 Å². The van der Waals surface area contributed by atoms with Crippen LogP contribution in [0.4, 0.5) is 5.95 Å². The van der Waals surface area contributed by atoms with Crippen molar-refractivity contribution in [3.05, 3.63) is 75.8 Å². The van der Waals surface area contributed by atoms with Gasteiger partial charge < -0.3 is 14.5 Å². The molecule has 1 aromatic carbocycles. The molecule has 1 aliphatic carbocycles. The maximum absolute atomic E-state index is 13.6. The number of likely N-dealkylation sites (tertiary alicyclic amines) is 1. The predicted octanol–water partition coefficient (Wildman–Crippen LogP) is 4.37. The summed E-state index contributed by atoms with van der Waals surface area (Å²) in [5.74, 6) is 1.78. The largest absolute Gasteiger partial charge is 0.378 e. The highest BCUT2D eigenvalue weighted by molar-refractivity contribution is 5.99. The van der Waals surface area contributed by atoms with Crippen molar-refractivity contribution in [1.82, 2.24) is 20.1 Å². The molecule has 0 unspecified atom stereocenters. The molecule has 2 aliphatic heterocycles. The first-order valence-electron chi connectivity index (χ1n) is 13.0. The fourth-order valence-electron chi connectivity index (χ4n) is 5.18. The fraction of sp³-hybridized carbons (Fsp3) is 0.414. The standard InChI is InChI=1S/C29H32N6O2.H2/c1-3-22-18-20(2)25(27-31-29(33-32-27)35-14-16-37-17-15-35)8-9-26(22)28(36)34-12-10-24(11-13-34)23-6-4-21(19-30)5-7-23;/h4-8,18,24H,3,10-17H2,1-2H3,(H,31,32,33);1H. The number of H-pyrrole nitrogens is 1. The van der Waals surface area contributed by atoms with E-state index in [0.717, 1.165) is 49.1 Å². The quantitative estimate of drug-likeness (QED) is 0.615. The van der Waals surface area contributed by atoms with E-state index in [4.69, 9.17) is 15.0 Å². The van der Waals surface area contributed by atoms with E-state index in [2.05, 4.69) is 39.9 Å². The molecule has 2 fully saturated rings. The summed E-state index contributed by atoms with van der Waals surface area (Å²) in [6.07, 6.45) is 6.51. The van der Waals surface area contributed by atoms with Crippen LogP contribution >= 0.6 is 0 Å². The van der Waals surface area contributed by atoms with E-state index in [1.54, 1.807) is 0 Å². The number of ether oxygens (including phenoxy) is 1. The van der Waals surface area contributed by atoms with Gasteiger partial charge in [0, 0.05) is 33.2 Å². The highest BCUT2D eigenvalue weighted by atomic mass is 16.5. The Labute approximate surface area is 219 Å². The van der Waals surface area contributed by atoms with Crippen LogP contribution in [0.3, 0.4) is 0 Å². The molecule has 2 saturated heterocycles. The molecule has 3 heterocycles. The minimum Gasteiger partial charge on any atom is -0.378 e. The normalized spacial score (nSPS) is 18.8. The van der Waals surface area contributed by atoms with Gasteiger partial charge in [0.05, 0.1) is 30.4 Å². The van der Waals surface area contributed by atoms with Gasteiger partial charge >= 0.3 is 0 Å². The second-order valence-corrected chi connectivity index (χ2v) is 9.67. The zero-order chi connectivity index (χ0) is 25.8. The predicted molar refractivity (Wildman–Crippen MR) is 144 cm³/mol. The fourth-order valence-corrected chi connectivity index (χ4v) is 5.18. The average Bonchev–Trinajstić information content (AvgIpc) is 3.38. The summed E-state index contributed by atoms with van der Waals surface area (Å²) in [5.41, 5.74) is 8.76. The van der Waals surface area contributed by atoms with Gasteiger partial charge in [0.25, 0.3) is 5.91 Å². The monoisotopic (exact) mass is 498 g/mol. The summed E-state index contributed by atoms with van der Waals surface area (Å²) in [4.78, 5) is 22.4. The maximum Gasteiger partial charge on any atom is 0.261 e. The molecule has 0 spiro atoms. The maximum atomic E-state index is 13.6. The lowest BCUT2D eigenvalue weighted by molar-refractivity contribution is -0.127. The van der Waals surface area contributed by atoms with E-state index in [1.807, 2.05) is 42.2 Å². The number of aromatic nitrogens is 3. The van der Waals surface area contributed by atoms with Crippen molar-refractivity contribution in [3.8, 4) is 6.07 Å². The summed E-state index contributed by atoms with van der Waals surface area (Å²) >= 11 is 0. The lowest BCUT2D eigenvalue weighted by atomic mass is 9.88. The number of nitrogens with zero attached hydrogens (tertiary/aromatic N) is 5. The third kappa shape index (κ3) is 5.29. The van der Waals surface area contributed by atoms with Crippen LogP contribution in [0.25, 0.3) is 5.57 Å². The van der Waals surface area contributed by atoms with E-state index >= 15 is 0 Å². The number of hydrogen-bond acceptors (Lipinski definition) is 6. The SMILES string of the molecule is CCC1=CC(C)=C(c2nc(N3CCOCC3)n[nH]2)C=C=C1C(=O)N1CCC(c2ccc(C#N)cc2)CC1.[HH]. The Bertz CT molecular complexity index is 1330. The van der Waals surface area contributed by atoms with Crippen LogP contribution in [0.1, 0.15) is 57.4 Å². The zero-order valence-corrected chi connectivity index (χ0v) is 21.5. The molecule has 0 radical (unpaired) electrons. The van der Waals surface area contributed by atoms with Crippen molar-refractivity contribution < 1.29 is 11.0 Å². The molecule has 8 heteroatoms. The van der Waals surface area contributed by atoms with Crippen LogP contribution in [0, 0.1) is 11.3 Å². The van der Waals surface area contributed by atoms with Crippen molar-refractivity contribution in [2.24, 2.45) is 0 Å². The number of carbonyl (C=O) groups is 1. The van der Waals surface area contributed by atoms with E-state index in [9.17, 15) is 4.79 Å². The second kappa shape index (κ2) is 11.0. The van der Waals surface area contributed by atoms with Gasteiger partial charge in [0.15, 0.2) is 5.82 Å². The van der Waals surface area contributed by atoms with Crippen LogP contribution in [0.5, 0.6) is 0 Å². The number of nitriles is 1. The Morgan fingerprint density at radius 1 is 1.22 bits per heavy atom. The van der Waals surface area contributed by atoms with E-state index in [0.29, 0.717) is 55.1 Å². The van der Waals surface area contributed by atoms with Gasteiger partial charge in [-0.25, -0.2) is 0 Å². The van der Waals surface area contributed by atoms with Crippen molar-refractivity contribution in [2.45, 2.75) is 39.0 Å².